The zero-order valence-electron chi connectivity index (χ0n) is 11.1. The van der Waals surface area contributed by atoms with Crippen LogP contribution in [-0.4, -0.2) is 24.1 Å². The highest BCUT2D eigenvalue weighted by molar-refractivity contribution is 5.79. The summed E-state index contributed by atoms with van der Waals surface area (Å²) < 4.78 is 13.4. The largest absolute Gasteiger partial charge is 0.353 e. The van der Waals surface area contributed by atoms with E-state index < -0.39 is 0 Å². The van der Waals surface area contributed by atoms with Crippen LogP contribution < -0.4 is 0 Å². The van der Waals surface area contributed by atoms with Gasteiger partial charge in [0.1, 0.15) is 0 Å². The van der Waals surface area contributed by atoms with E-state index in [1.165, 1.54) is 10.9 Å². The highest BCUT2D eigenvalue weighted by Crippen LogP contribution is 2.16. The Morgan fingerprint density at radius 3 is 2.50 bits per heavy atom. The minimum Gasteiger partial charge on any atom is -0.353 e. The standard InChI is InChI=1S/C15H21NO2/c1-3-17-15(18-4-2)10-12-16-11-9-13-7-5-6-8-14(13)16/h5-9,11,15H,3-4,10,12H2,1-2H3. The second-order valence-corrected chi connectivity index (χ2v) is 4.20. The third kappa shape index (κ3) is 3.12. The van der Waals surface area contributed by atoms with Gasteiger partial charge in [-0.3, -0.25) is 0 Å². The van der Waals surface area contributed by atoms with E-state index >= 15 is 0 Å². The lowest BCUT2D eigenvalue weighted by Gasteiger charge is -2.17. The van der Waals surface area contributed by atoms with Crippen molar-refractivity contribution in [1.82, 2.24) is 4.57 Å². The molecule has 18 heavy (non-hydrogen) atoms. The van der Waals surface area contributed by atoms with Crippen molar-refractivity contribution in [1.29, 1.82) is 0 Å². The van der Waals surface area contributed by atoms with Crippen LogP contribution in [0.3, 0.4) is 0 Å². The summed E-state index contributed by atoms with van der Waals surface area (Å²) in [6, 6.07) is 10.6. The van der Waals surface area contributed by atoms with Gasteiger partial charge >= 0.3 is 0 Å². The molecule has 2 rings (SSSR count). The first-order valence-corrected chi connectivity index (χ1v) is 6.62. The minimum atomic E-state index is -0.0961. The summed E-state index contributed by atoms with van der Waals surface area (Å²) in [5, 5.41) is 1.28. The average Bonchev–Trinajstić information content (AvgIpc) is 2.80. The van der Waals surface area contributed by atoms with Crippen molar-refractivity contribution in [2.24, 2.45) is 0 Å². The maximum absolute atomic E-state index is 5.56. The van der Waals surface area contributed by atoms with Gasteiger partial charge in [-0.05, 0) is 31.4 Å². The number of benzene rings is 1. The van der Waals surface area contributed by atoms with E-state index in [4.69, 9.17) is 9.47 Å². The summed E-state index contributed by atoms with van der Waals surface area (Å²) in [6.07, 6.45) is 2.90. The third-order valence-corrected chi connectivity index (χ3v) is 2.99. The van der Waals surface area contributed by atoms with Crippen LogP contribution in [0.2, 0.25) is 0 Å². The zero-order chi connectivity index (χ0) is 12.8. The number of nitrogens with zero attached hydrogens (tertiary/aromatic N) is 1. The van der Waals surface area contributed by atoms with E-state index in [0.29, 0.717) is 13.2 Å². The molecule has 0 unspecified atom stereocenters. The summed E-state index contributed by atoms with van der Waals surface area (Å²) in [7, 11) is 0. The number of hydrogen-bond donors (Lipinski definition) is 0. The first-order chi connectivity index (χ1) is 8.85. The fourth-order valence-corrected chi connectivity index (χ4v) is 2.17. The second-order valence-electron chi connectivity index (χ2n) is 4.20. The molecule has 0 aliphatic rings. The second kappa shape index (κ2) is 6.57. The normalized spacial score (nSPS) is 11.5. The van der Waals surface area contributed by atoms with Crippen LogP contribution in [0.1, 0.15) is 20.3 Å². The highest BCUT2D eigenvalue weighted by atomic mass is 16.7. The molecule has 2 aromatic rings. The topological polar surface area (TPSA) is 23.4 Å². The predicted octanol–water partition coefficient (Wildman–Crippen LogP) is 3.43. The lowest BCUT2D eigenvalue weighted by atomic mass is 10.2. The van der Waals surface area contributed by atoms with E-state index in [1.54, 1.807) is 0 Å². The molecule has 0 radical (unpaired) electrons. The van der Waals surface area contributed by atoms with Gasteiger partial charge in [-0.25, -0.2) is 0 Å². The summed E-state index contributed by atoms with van der Waals surface area (Å²) in [5.41, 5.74) is 1.27. The number of ether oxygens (including phenoxy) is 2. The van der Waals surface area contributed by atoms with E-state index in [9.17, 15) is 0 Å². The molecule has 1 heterocycles. The van der Waals surface area contributed by atoms with Gasteiger partial charge in [-0.2, -0.15) is 0 Å². The van der Waals surface area contributed by atoms with Crippen molar-refractivity contribution in [2.45, 2.75) is 33.1 Å². The van der Waals surface area contributed by atoms with Gasteiger partial charge < -0.3 is 14.0 Å². The smallest absolute Gasteiger partial charge is 0.159 e. The van der Waals surface area contributed by atoms with Gasteiger partial charge in [0.2, 0.25) is 0 Å². The lowest BCUT2D eigenvalue weighted by Crippen LogP contribution is -2.19. The monoisotopic (exact) mass is 247 g/mol. The number of aryl methyl sites for hydroxylation is 1. The van der Waals surface area contributed by atoms with Gasteiger partial charge in [-0.1, -0.05) is 18.2 Å². The molecule has 0 saturated carbocycles. The summed E-state index contributed by atoms with van der Waals surface area (Å²) in [5.74, 6) is 0. The molecule has 3 nitrogen and oxygen atoms in total. The van der Waals surface area contributed by atoms with E-state index in [2.05, 4.69) is 41.1 Å². The number of para-hydroxylation sites is 1. The fourth-order valence-electron chi connectivity index (χ4n) is 2.17. The van der Waals surface area contributed by atoms with Gasteiger partial charge in [0.05, 0.1) is 0 Å². The van der Waals surface area contributed by atoms with Gasteiger partial charge in [0.15, 0.2) is 6.29 Å². The average molecular weight is 247 g/mol. The Kier molecular flexibility index (Phi) is 4.79. The molecule has 0 spiro atoms. The Balaban J connectivity index is 2.00. The number of fused-ring (bicyclic) bond motifs is 1. The van der Waals surface area contributed by atoms with E-state index in [-0.39, 0.29) is 6.29 Å². The van der Waals surface area contributed by atoms with E-state index in [0.717, 1.165) is 13.0 Å². The zero-order valence-corrected chi connectivity index (χ0v) is 11.1. The number of hydrogen-bond acceptors (Lipinski definition) is 2. The van der Waals surface area contributed by atoms with Crippen LogP contribution in [0.4, 0.5) is 0 Å². The highest BCUT2D eigenvalue weighted by Gasteiger charge is 2.08. The Hall–Kier alpha value is -1.32. The molecule has 1 aromatic heterocycles. The molecule has 98 valence electrons. The molecule has 0 fully saturated rings. The molecule has 0 aliphatic heterocycles. The Bertz CT molecular complexity index is 472. The van der Waals surface area contributed by atoms with Gasteiger partial charge in [-0.15, -0.1) is 0 Å². The maximum atomic E-state index is 5.56. The SMILES string of the molecule is CCOC(CCn1ccc2ccccc21)OCC. The van der Waals surface area contributed by atoms with Crippen molar-refractivity contribution in [3.63, 3.8) is 0 Å². The molecule has 0 bridgehead atoms. The van der Waals surface area contributed by atoms with Crippen LogP contribution in [0.5, 0.6) is 0 Å². The van der Waals surface area contributed by atoms with Crippen molar-refractivity contribution >= 4 is 10.9 Å². The molecule has 0 aliphatic carbocycles. The first kappa shape index (κ1) is 13.1. The first-order valence-electron chi connectivity index (χ1n) is 6.62. The molecule has 0 amide bonds. The summed E-state index contributed by atoms with van der Waals surface area (Å²) in [6.45, 7) is 6.29. The van der Waals surface area contributed by atoms with Crippen LogP contribution >= 0.6 is 0 Å². The van der Waals surface area contributed by atoms with E-state index in [1.807, 2.05) is 13.8 Å². The summed E-state index contributed by atoms with van der Waals surface area (Å²) in [4.78, 5) is 0. The quantitative estimate of drug-likeness (QED) is 0.700. The molecular formula is C15H21NO2. The van der Waals surface area contributed by atoms with Crippen molar-refractivity contribution in [3.8, 4) is 0 Å². The maximum Gasteiger partial charge on any atom is 0.159 e. The minimum absolute atomic E-state index is 0.0961. The molecule has 0 saturated heterocycles. The molecule has 0 atom stereocenters. The molecule has 0 N–H and O–H groups in total. The molecule has 1 aromatic carbocycles. The Morgan fingerprint density at radius 2 is 1.78 bits per heavy atom. The van der Waals surface area contributed by atoms with Crippen LogP contribution in [0.25, 0.3) is 10.9 Å². The van der Waals surface area contributed by atoms with Crippen LogP contribution in [0, 0.1) is 0 Å². The van der Waals surface area contributed by atoms with Crippen molar-refractivity contribution in [2.75, 3.05) is 13.2 Å². The van der Waals surface area contributed by atoms with Crippen molar-refractivity contribution in [3.05, 3.63) is 36.5 Å². The van der Waals surface area contributed by atoms with Crippen LogP contribution in [0.15, 0.2) is 36.5 Å². The predicted molar refractivity (Wildman–Crippen MR) is 73.6 cm³/mol. The third-order valence-electron chi connectivity index (χ3n) is 2.99. The lowest BCUT2D eigenvalue weighted by molar-refractivity contribution is -0.140. The molecular weight excluding hydrogens is 226 g/mol. The van der Waals surface area contributed by atoms with Gasteiger partial charge in [0, 0.05) is 37.9 Å². The van der Waals surface area contributed by atoms with Gasteiger partial charge in [0.25, 0.3) is 0 Å². The Labute approximate surface area is 108 Å². The van der Waals surface area contributed by atoms with Crippen LogP contribution in [-0.2, 0) is 16.0 Å². The molecule has 3 heteroatoms. The Morgan fingerprint density at radius 1 is 1.06 bits per heavy atom. The number of rotatable bonds is 7. The number of aromatic nitrogens is 1. The summed E-state index contributed by atoms with van der Waals surface area (Å²) >= 11 is 0. The fraction of sp³-hybridized carbons (Fsp3) is 0.467. The van der Waals surface area contributed by atoms with Crippen molar-refractivity contribution < 1.29 is 9.47 Å².